The molecule has 17 heavy (non-hydrogen) atoms. The van der Waals surface area contributed by atoms with Crippen molar-refractivity contribution in [1.82, 2.24) is 0 Å². The lowest BCUT2D eigenvalue weighted by atomic mass is 10.2. The Hall–Kier alpha value is -1.76. The van der Waals surface area contributed by atoms with Crippen molar-refractivity contribution in [2.45, 2.75) is 6.42 Å². The number of rotatable bonds is 2. The van der Waals surface area contributed by atoms with E-state index < -0.39 is 10.0 Å². The molecule has 1 amide bonds. The number of sulfonamides is 1. The number of nitrogens with one attached hydrogen (secondary N) is 2. The fourth-order valence-corrected chi connectivity index (χ4v) is 2.05. The van der Waals surface area contributed by atoms with Crippen molar-refractivity contribution >= 4 is 27.3 Å². The highest BCUT2D eigenvalue weighted by atomic mass is 32.2. The first kappa shape index (κ1) is 11.7. The summed E-state index contributed by atoms with van der Waals surface area (Å²) >= 11 is 0. The number of amides is 1. The van der Waals surface area contributed by atoms with Gasteiger partial charge in [0.05, 0.1) is 30.7 Å². The first-order valence-electron chi connectivity index (χ1n) is 4.98. The summed E-state index contributed by atoms with van der Waals surface area (Å²) in [6.45, 7) is 0.317. The summed E-state index contributed by atoms with van der Waals surface area (Å²) in [5.74, 6) is 0.384. The van der Waals surface area contributed by atoms with Gasteiger partial charge in [0.1, 0.15) is 5.75 Å². The van der Waals surface area contributed by atoms with Gasteiger partial charge in [0.15, 0.2) is 0 Å². The first-order chi connectivity index (χ1) is 7.94. The molecule has 0 bridgehead atoms. The fraction of sp³-hybridized carbons (Fsp3) is 0.300. The van der Waals surface area contributed by atoms with E-state index in [9.17, 15) is 13.2 Å². The van der Waals surface area contributed by atoms with Crippen molar-refractivity contribution < 1.29 is 17.9 Å². The largest absolute Gasteiger partial charge is 0.491 e. The van der Waals surface area contributed by atoms with E-state index in [1.165, 1.54) is 6.07 Å². The zero-order valence-electron chi connectivity index (χ0n) is 9.19. The molecule has 1 aromatic rings. The third kappa shape index (κ3) is 3.10. The molecule has 1 aliphatic rings. The molecule has 92 valence electrons. The van der Waals surface area contributed by atoms with Crippen molar-refractivity contribution in [3.63, 3.8) is 0 Å². The summed E-state index contributed by atoms with van der Waals surface area (Å²) in [6, 6.07) is 4.73. The summed E-state index contributed by atoms with van der Waals surface area (Å²) in [4.78, 5) is 11.3. The van der Waals surface area contributed by atoms with E-state index in [-0.39, 0.29) is 12.3 Å². The lowest BCUT2D eigenvalue weighted by Gasteiger charge is -2.09. The Morgan fingerprint density at radius 3 is 2.88 bits per heavy atom. The van der Waals surface area contributed by atoms with Gasteiger partial charge in [-0.3, -0.25) is 9.52 Å². The lowest BCUT2D eigenvalue weighted by Crippen LogP contribution is -2.12. The van der Waals surface area contributed by atoms with Crippen LogP contribution in [0.5, 0.6) is 5.75 Å². The number of ether oxygens (including phenoxy) is 1. The maximum absolute atomic E-state index is 11.3. The number of hydrogen-bond acceptors (Lipinski definition) is 4. The maximum Gasteiger partial charge on any atom is 0.229 e. The van der Waals surface area contributed by atoms with E-state index in [0.29, 0.717) is 23.7 Å². The first-order valence-corrected chi connectivity index (χ1v) is 6.88. The van der Waals surface area contributed by atoms with Crippen molar-refractivity contribution in [3.05, 3.63) is 18.2 Å². The molecule has 7 heteroatoms. The lowest BCUT2D eigenvalue weighted by molar-refractivity contribution is -0.116. The molecule has 1 aromatic carbocycles. The molecule has 0 radical (unpaired) electrons. The molecule has 0 unspecified atom stereocenters. The van der Waals surface area contributed by atoms with Crippen LogP contribution < -0.4 is 14.8 Å². The molecule has 2 rings (SSSR count). The minimum Gasteiger partial charge on any atom is -0.491 e. The van der Waals surface area contributed by atoms with Crippen LogP contribution >= 0.6 is 0 Å². The van der Waals surface area contributed by atoms with Gasteiger partial charge in [-0.05, 0) is 18.2 Å². The molecule has 0 saturated carbocycles. The molecular weight excluding hydrogens is 244 g/mol. The standard InChI is InChI=1S/C10H12N2O4S/c1-17(14,15)12-7-2-3-9-8(6-7)11-10(13)4-5-16-9/h2-3,6,12H,4-5H2,1H3,(H,11,13). The minimum absolute atomic E-state index is 0.153. The summed E-state index contributed by atoms with van der Waals surface area (Å²) < 4.78 is 29.8. The maximum atomic E-state index is 11.3. The van der Waals surface area contributed by atoms with E-state index in [4.69, 9.17) is 4.74 Å². The Bertz CT molecular complexity index is 553. The predicted octanol–water partition coefficient (Wildman–Crippen LogP) is 0.779. The van der Waals surface area contributed by atoms with Crippen LogP contribution in [0, 0.1) is 0 Å². The van der Waals surface area contributed by atoms with Gasteiger partial charge in [-0.1, -0.05) is 0 Å². The molecule has 6 nitrogen and oxygen atoms in total. The van der Waals surface area contributed by atoms with Crippen LogP contribution in [0.4, 0.5) is 11.4 Å². The molecule has 0 fully saturated rings. The summed E-state index contributed by atoms with van der Waals surface area (Å²) in [6.07, 6.45) is 1.34. The highest BCUT2D eigenvalue weighted by Gasteiger charge is 2.14. The van der Waals surface area contributed by atoms with Crippen molar-refractivity contribution in [1.29, 1.82) is 0 Å². The zero-order valence-corrected chi connectivity index (χ0v) is 10.0. The van der Waals surface area contributed by atoms with Crippen molar-refractivity contribution in [2.24, 2.45) is 0 Å². The van der Waals surface area contributed by atoms with Gasteiger partial charge in [-0.2, -0.15) is 0 Å². The summed E-state index contributed by atoms with van der Waals surface area (Å²) in [7, 11) is -3.33. The van der Waals surface area contributed by atoms with Gasteiger partial charge >= 0.3 is 0 Å². The Labute approximate surface area is 99.0 Å². The molecule has 0 saturated heterocycles. The molecular formula is C10H12N2O4S. The van der Waals surface area contributed by atoms with Crippen LogP contribution in [0.15, 0.2) is 18.2 Å². The van der Waals surface area contributed by atoms with Crippen LogP contribution in [0.3, 0.4) is 0 Å². The monoisotopic (exact) mass is 256 g/mol. The highest BCUT2D eigenvalue weighted by Crippen LogP contribution is 2.30. The predicted molar refractivity (Wildman–Crippen MR) is 63.7 cm³/mol. The van der Waals surface area contributed by atoms with E-state index in [1.54, 1.807) is 12.1 Å². The van der Waals surface area contributed by atoms with Crippen molar-refractivity contribution in [3.8, 4) is 5.75 Å². The van der Waals surface area contributed by atoms with Gasteiger partial charge in [0.25, 0.3) is 0 Å². The number of anilines is 2. The number of carbonyl (C=O) groups is 1. The molecule has 1 aliphatic heterocycles. The SMILES string of the molecule is CS(=O)(=O)Nc1ccc2c(c1)NC(=O)CCO2. The Kier molecular flexibility index (Phi) is 2.93. The molecule has 2 N–H and O–H groups in total. The smallest absolute Gasteiger partial charge is 0.229 e. The van der Waals surface area contributed by atoms with Crippen LogP contribution in [0.25, 0.3) is 0 Å². The third-order valence-electron chi connectivity index (χ3n) is 2.14. The second kappa shape index (κ2) is 4.25. The number of fused-ring (bicyclic) bond motifs is 1. The molecule has 0 aliphatic carbocycles. The molecule has 0 spiro atoms. The van der Waals surface area contributed by atoms with Crippen LogP contribution in [-0.4, -0.2) is 27.2 Å². The summed E-state index contributed by atoms with van der Waals surface area (Å²) in [5.41, 5.74) is 0.859. The Morgan fingerprint density at radius 2 is 2.18 bits per heavy atom. The van der Waals surface area contributed by atoms with Gasteiger partial charge in [-0.15, -0.1) is 0 Å². The number of hydrogen-bond donors (Lipinski definition) is 2. The quantitative estimate of drug-likeness (QED) is 0.819. The topological polar surface area (TPSA) is 84.5 Å². The normalized spacial score (nSPS) is 15.2. The minimum atomic E-state index is -3.33. The van der Waals surface area contributed by atoms with Gasteiger partial charge in [0.2, 0.25) is 15.9 Å². The highest BCUT2D eigenvalue weighted by molar-refractivity contribution is 7.92. The fourth-order valence-electron chi connectivity index (χ4n) is 1.50. The van der Waals surface area contributed by atoms with Crippen molar-refractivity contribution in [2.75, 3.05) is 22.9 Å². The second-order valence-electron chi connectivity index (χ2n) is 3.73. The zero-order chi connectivity index (χ0) is 12.5. The average molecular weight is 256 g/mol. The van der Waals surface area contributed by atoms with E-state index >= 15 is 0 Å². The van der Waals surface area contributed by atoms with Gasteiger partial charge in [0, 0.05) is 0 Å². The van der Waals surface area contributed by atoms with Crippen LogP contribution in [-0.2, 0) is 14.8 Å². The number of carbonyl (C=O) groups excluding carboxylic acids is 1. The molecule has 0 atom stereocenters. The van der Waals surface area contributed by atoms with Crippen LogP contribution in [0.2, 0.25) is 0 Å². The Morgan fingerprint density at radius 1 is 1.41 bits per heavy atom. The molecule has 0 aromatic heterocycles. The van der Waals surface area contributed by atoms with Gasteiger partial charge in [-0.25, -0.2) is 8.42 Å². The average Bonchev–Trinajstić information content (AvgIpc) is 2.35. The summed E-state index contributed by atoms with van der Waals surface area (Å²) in [5, 5.41) is 2.65. The number of benzene rings is 1. The van der Waals surface area contributed by atoms with E-state index in [1.807, 2.05) is 0 Å². The van der Waals surface area contributed by atoms with E-state index in [0.717, 1.165) is 6.26 Å². The second-order valence-corrected chi connectivity index (χ2v) is 5.48. The van der Waals surface area contributed by atoms with Gasteiger partial charge < -0.3 is 10.1 Å². The van der Waals surface area contributed by atoms with E-state index in [2.05, 4.69) is 10.0 Å². The third-order valence-corrected chi connectivity index (χ3v) is 2.75. The van der Waals surface area contributed by atoms with Crippen LogP contribution in [0.1, 0.15) is 6.42 Å². The molecule has 1 heterocycles. The Balaban J connectivity index is 2.32.